The van der Waals surface area contributed by atoms with Gasteiger partial charge >= 0.3 is 5.97 Å². The standard InChI is InChI=1S/C24H31NO3/c1-19-18-22(28-17-5-8-20-6-3-2-4-7-20)9-10-23(19)21-11-14-25(15-12-21)16-13-24(26)27/h2-4,6-7,9-10,18,21H,5,8,11-17H2,1H3,(H,26,27). The molecule has 2 aromatic rings. The first-order valence-corrected chi connectivity index (χ1v) is 10.3. The van der Waals surface area contributed by atoms with Gasteiger partial charge in [0.05, 0.1) is 13.0 Å². The lowest BCUT2D eigenvalue weighted by Gasteiger charge is -2.32. The predicted molar refractivity (Wildman–Crippen MR) is 112 cm³/mol. The number of benzene rings is 2. The van der Waals surface area contributed by atoms with Gasteiger partial charge in [-0.15, -0.1) is 0 Å². The third-order valence-corrected chi connectivity index (χ3v) is 5.63. The number of hydrogen-bond donors (Lipinski definition) is 1. The Hall–Kier alpha value is -2.33. The maximum Gasteiger partial charge on any atom is 0.304 e. The van der Waals surface area contributed by atoms with Crippen LogP contribution in [-0.4, -0.2) is 42.2 Å². The van der Waals surface area contributed by atoms with Gasteiger partial charge in [-0.25, -0.2) is 0 Å². The van der Waals surface area contributed by atoms with Gasteiger partial charge in [0.1, 0.15) is 5.75 Å². The molecule has 28 heavy (non-hydrogen) atoms. The highest BCUT2D eigenvalue weighted by atomic mass is 16.5. The maximum absolute atomic E-state index is 10.7. The highest BCUT2D eigenvalue weighted by molar-refractivity contribution is 5.66. The van der Waals surface area contributed by atoms with E-state index in [0.29, 0.717) is 12.5 Å². The van der Waals surface area contributed by atoms with Crippen molar-refractivity contribution in [1.82, 2.24) is 4.90 Å². The van der Waals surface area contributed by atoms with E-state index in [-0.39, 0.29) is 6.42 Å². The van der Waals surface area contributed by atoms with Crippen LogP contribution in [0.1, 0.15) is 48.3 Å². The van der Waals surface area contributed by atoms with Crippen LogP contribution in [0.2, 0.25) is 0 Å². The van der Waals surface area contributed by atoms with Gasteiger partial charge in [0.2, 0.25) is 0 Å². The summed E-state index contributed by atoms with van der Waals surface area (Å²) >= 11 is 0. The minimum Gasteiger partial charge on any atom is -0.494 e. The van der Waals surface area contributed by atoms with Gasteiger partial charge < -0.3 is 14.7 Å². The van der Waals surface area contributed by atoms with Crippen LogP contribution in [0.3, 0.4) is 0 Å². The first-order chi connectivity index (χ1) is 13.6. The number of likely N-dealkylation sites (tertiary alicyclic amines) is 1. The summed E-state index contributed by atoms with van der Waals surface area (Å²) in [6.07, 6.45) is 4.48. The van der Waals surface area contributed by atoms with Gasteiger partial charge in [-0.05, 0) is 80.4 Å². The van der Waals surface area contributed by atoms with E-state index in [0.717, 1.165) is 51.1 Å². The summed E-state index contributed by atoms with van der Waals surface area (Å²) < 4.78 is 5.96. The van der Waals surface area contributed by atoms with Crippen LogP contribution < -0.4 is 4.74 Å². The first kappa shape index (κ1) is 20.4. The minimum absolute atomic E-state index is 0.236. The predicted octanol–water partition coefficient (Wildman–Crippen LogP) is 4.66. The van der Waals surface area contributed by atoms with Crippen molar-refractivity contribution >= 4 is 5.97 Å². The van der Waals surface area contributed by atoms with Crippen molar-refractivity contribution < 1.29 is 14.6 Å². The maximum atomic E-state index is 10.7. The normalized spacial score (nSPS) is 15.5. The first-order valence-electron chi connectivity index (χ1n) is 10.3. The third-order valence-electron chi connectivity index (χ3n) is 5.63. The molecule has 1 N–H and O–H groups in total. The Labute approximate surface area is 168 Å². The Balaban J connectivity index is 1.44. The van der Waals surface area contributed by atoms with Crippen LogP contribution in [0.25, 0.3) is 0 Å². The quantitative estimate of drug-likeness (QED) is 0.642. The second kappa shape index (κ2) is 10.3. The Morgan fingerprint density at radius 1 is 1.14 bits per heavy atom. The summed E-state index contributed by atoms with van der Waals surface area (Å²) in [6, 6.07) is 17.0. The van der Waals surface area contributed by atoms with Crippen LogP contribution in [0.4, 0.5) is 0 Å². The molecule has 2 aromatic carbocycles. The van der Waals surface area contributed by atoms with Gasteiger partial charge in [0.15, 0.2) is 0 Å². The van der Waals surface area contributed by atoms with Crippen molar-refractivity contribution in [3.63, 3.8) is 0 Å². The fourth-order valence-electron chi connectivity index (χ4n) is 4.03. The molecular weight excluding hydrogens is 350 g/mol. The zero-order chi connectivity index (χ0) is 19.8. The number of nitrogens with zero attached hydrogens (tertiary/aromatic N) is 1. The van der Waals surface area contributed by atoms with E-state index in [1.54, 1.807) is 0 Å². The third kappa shape index (κ3) is 6.10. The molecule has 150 valence electrons. The number of aliphatic carboxylic acids is 1. The van der Waals surface area contributed by atoms with Gasteiger partial charge in [0.25, 0.3) is 0 Å². The molecule has 0 saturated carbocycles. The van der Waals surface area contributed by atoms with E-state index in [1.807, 2.05) is 6.07 Å². The Bertz CT molecular complexity index is 752. The second-order valence-corrected chi connectivity index (χ2v) is 7.72. The molecule has 0 atom stereocenters. The fourth-order valence-corrected chi connectivity index (χ4v) is 4.03. The molecule has 4 heteroatoms. The van der Waals surface area contributed by atoms with Crippen LogP contribution in [0.5, 0.6) is 5.75 Å². The molecule has 0 unspecified atom stereocenters. The fraction of sp³-hybridized carbons (Fsp3) is 0.458. The molecule has 0 radical (unpaired) electrons. The lowest BCUT2D eigenvalue weighted by atomic mass is 9.86. The summed E-state index contributed by atoms with van der Waals surface area (Å²) in [6.45, 7) is 5.53. The molecule has 1 aliphatic heterocycles. The molecular formula is C24H31NO3. The summed E-state index contributed by atoms with van der Waals surface area (Å²) in [5, 5.41) is 8.83. The molecule has 1 saturated heterocycles. The van der Waals surface area contributed by atoms with Gasteiger partial charge in [-0.1, -0.05) is 36.4 Å². The Morgan fingerprint density at radius 2 is 1.89 bits per heavy atom. The molecule has 0 aromatic heterocycles. The second-order valence-electron chi connectivity index (χ2n) is 7.72. The van der Waals surface area contributed by atoms with Crippen LogP contribution >= 0.6 is 0 Å². The topological polar surface area (TPSA) is 49.8 Å². The number of carboxylic acids is 1. The molecule has 1 fully saturated rings. The molecule has 3 rings (SSSR count). The molecule has 4 nitrogen and oxygen atoms in total. The molecule has 1 heterocycles. The number of aryl methyl sites for hydroxylation is 2. The van der Waals surface area contributed by atoms with E-state index in [1.165, 1.54) is 16.7 Å². The number of carbonyl (C=O) groups is 1. The van der Waals surface area contributed by atoms with Crippen molar-refractivity contribution in [2.75, 3.05) is 26.2 Å². The number of hydrogen-bond acceptors (Lipinski definition) is 3. The van der Waals surface area contributed by atoms with Gasteiger partial charge in [0, 0.05) is 6.54 Å². The Morgan fingerprint density at radius 3 is 2.57 bits per heavy atom. The SMILES string of the molecule is Cc1cc(OCCCc2ccccc2)ccc1C1CCN(CCC(=O)O)CC1. The number of piperidine rings is 1. The van der Waals surface area contributed by atoms with E-state index in [2.05, 4.69) is 54.3 Å². The number of ether oxygens (including phenoxy) is 1. The monoisotopic (exact) mass is 381 g/mol. The molecule has 1 aliphatic rings. The van der Waals surface area contributed by atoms with Crippen molar-refractivity contribution in [2.45, 2.75) is 44.9 Å². The van der Waals surface area contributed by atoms with Crippen molar-refractivity contribution in [3.8, 4) is 5.75 Å². The summed E-state index contributed by atoms with van der Waals surface area (Å²) in [4.78, 5) is 13.0. The molecule has 0 amide bonds. The average Bonchev–Trinajstić information content (AvgIpc) is 2.71. The lowest BCUT2D eigenvalue weighted by Crippen LogP contribution is -2.34. The number of carboxylic acid groups (broad SMARTS) is 1. The zero-order valence-electron chi connectivity index (χ0n) is 16.8. The van der Waals surface area contributed by atoms with Gasteiger partial charge in [-0.3, -0.25) is 4.79 Å². The molecule has 0 bridgehead atoms. The highest BCUT2D eigenvalue weighted by Crippen LogP contribution is 2.32. The molecule has 0 aliphatic carbocycles. The average molecular weight is 382 g/mol. The lowest BCUT2D eigenvalue weighted by molar-refractivity contribution is -0.137. The number of rotatable bonds is 9. The Kier molecular flexibility index (Phi) is 7.49. The van der Waals surface area contributed by atoms with Crippen molar-refractivity contribution in [3.05, 3.63) is 65.2 Å². The minimum atomic E-state index is -0.711. The van der Waals surface area contributed by atoms with E-state index in [9.17, 15) is 4.79 Å². The van der Waals surface area contributed by atoms with Crippen LogP contribution in [-0.2, 0) is 11.2 Å². The summed E-state index contributed by atoms with van der Waals surface area (Å²) in [5.41, 5.74) is 4.06. The van der Waals surface area contributed by atoms with Crippen molar-refractivity contribution in [1.29, 1.82) is 0 Å². The van der Waals surface area contributed by atoms with E-state index < -0.39 is 5.97 Å². The summed E-state index contributed by atoms with van der Waals surface area (Å²) in [7, 11) is 0. The van der Waals surface area contributed by atoms with Crippen LogP contribution in [0, 0.1) is 6.92 Å². The zero-order valence-corrected chi connectivity index (χ0v) is 16.8. The largest absolute Gasteiger partial charge is 0.494 e. The molecule has 0 spiro atoms. The van der Waals surface area contributed by atoms with Crippen molar-refractivity contribution in [2.24, 2.45) is 0 Å². The van der Waals surface area contributed by atoms with E-state index in [4.69, 9.17) is 9.84 Å². The van der Waals surface area contributed by atoms with E-state index >= 15 is 0 Å². The van der Waals surface area contributed by atoms with Gasteiger partial charge in [-0.2, -0.15) is 0 Å². The summed E-state index contributed by atoms with van der Waals surface area (Å²) in [5.74, 6) is 0.804. The van der Waals surface area contributed by atoms with Crippen LogP contribution in [0.15, 0.2) is 48.5 Å². The highest BCUT2D eigenvalue weighted by Gasteiger charge is 2.22. The smallest absolute Gasteiger partial charge is 0.304 e.